The third-order valence-electron chi connectivity index (χ3n) is 2.01. The summed E-state index contributed by atoms with van der Waals surface area (Å²) in [5.41, 5.74) is 0. The molecule has 0 aromatic carbocycles. The Labute approximate surface area is 122 Å². The highest BCUT2D eigenvalue weighted by molar-refractivity contribution is 14.1. The van der Waals surface area contributed by atoms with Crippen molar-refractivity contribution in [2.24, 2.45) is 0 Å². The maximum Gasteiger partial charge on any atom is 0.0905 e. The number of alkyl halides is 1. The fraction of sp³-hybridized carbons (Fsp3) is 0.600. The fourth-order valence-electron chi connectivity index (χ4n) is 1.28. The molecule has 0 saturated carbocycles. The van der Waals surface area contributed by atoms with Crippen LogP contribution in [0.25, 0.3) is 0 Å². The molecule has 0 amide bonds. The Bertz CT molecular complexity index is 299. The maximum absolute atomic E-state index is 2.56. The summed E-state index contributed by atoms with van der Waals surface area (Å²) >= 11 is 10.8. The Morgan fingerprint density at radius 1 is 1.07 bits per heavy atom. The molecule has 0 aliphatic carbocycles. The van der Waals surface area contributed by atoms with E-state index in [9.17, 15) is 0 Å². The van der Waals surface area contributed by atoms with Crippen LogP contribution in [0.4, 0.5) is 0 Å². The second-order valence-electron chi connectivity index (χ2n) is 3.16. The van der Waals surface area contributed by atoms with Crippen LogP contribution >= 0.6 is 69.2 Å². The van der Waals surface area contributed by atoms with Gasteiger partial charge in [0.05, 0.1) is 3.26 Å². The van der Waals surface area contributed by atoms with E-state index in [1.165, 1.54) is 28.8 Å². The number of thiophene rings is 1. The number of thioether (sulfide) groups is 3. The summed E-state index contributed by atoms with van der Waals surface area (Å²) < 4.78 is 0.659. The van der Waals surface area contributed by atoms with Crippen LogP contribution in [0.15, 0.2) is 12.1 Å². The van der Waals surface area contributed by atoms with Crippen molar-refractivity contribution < 1.29 is 0 Å². The summed E-state index contributed by atoms with van der Waals surface area (Å²) in [6.45, 7) is 0. The van der Waals surface area contributed by atoms with Crippen molar-refractivity contribution in [3.05, 3.63) is 21.9 Å². The highest BCUT2D eigenvalue weighted by Gasteiger charge is 2.11. The maximum atomic E-state index is 2.56. The normalized spacial score (nSPS) is 24.2. The molecule has 0 radical (unpaired) electrons. The molecule has 2 bridgehead atoms. The van der Waals surface area contributed by atoms with E-state index in [-0.39, 0.29) is 0 Å². The molecule has 84 valence electrons. The Morgan fingerprint density at radius 3 is 2.80 bits per heavy atom. The molecule has 2 rings (SSSR count). The Kier molecular flexibility index (Phi) is 6.06. The van der Waals surface area contributed by atoms with Gasteiger partial charge in [0.15, 0.2) is 0 Å². The lowest BCUT2D eigenvalue weighted by atomic mass is 10.5. The first-order valence-electron chi connectivity index (χ1n) is 4.86. The van der Waals surface area contributed by atoms with E-state index in [1.54, 1.807) is 9.75 Å². The van der Waals surface area contributed by atoms with Crippen molar-refractivity contribution in [1.82, 2.24) is 0 Å². The molecular formula is C10H13IS4. The van der Waals surface area contributed by atoms with Crippen molar-refractivity contribution in [2.75, 3.05) is 23.0 Å². The molecule has 0 nitrogen and oxygen atoms in total. The standard InChI is InChI=1S/C10H13IS4/c11-10-9-2-1-8(15-9)7-13-4-3-12-5-6-14-10/h1-2,10H,3-7H2. The molecule has 15 heavy (non-hydrogen) atoms. The molecule has 1 aromatic heterocycles. The van der Waals surface area contributed by atoms with Gasteiger partial charge in [-0.15, -0.1) is 23.1 Å². The van der Waals surface area contributed by atoms with Gasteiger partial charge in [0, 0.05) is 38.5 Å². The van der Waals surface area contributed by atoms with Crippen LogP contribution in [-0.2, 0) is 5.75 Å². The summed E-state index contributed by atoms with van der Waals surface area (Å²) in [6, 6.07) is 4.62. The van der Waals surface area contributed by atoms with E-state index in [0.717, 1.165) is 0 Å². The highest BCUT2D eigenvalue weighted by atomic mass is 127. The lowest BCUT2D eigenvalue weighted by Crippen LogP contribution is -1.92. The minimum absolute atomic E-state index is 0.659. The molecule has 2 heterocycles. The summed E-state index contributed by atoms with van der Waals surface area (Å²) in [6.07, 6.45) is 0. The molecule has 1 aliphatic heterocycles. The molecule has 0 saturated heterocycles. The summed E-state index contributed by atoms with van der Waals surface area (Å²) in [7, 11) is 0. The van der Waals surface area contributed by atoms with Gasteiger partial charge >= 0.3 is 0 Å². The Hall–Kier alpha value is 1.48. The van der Waals surface area contributed by atoms with E-state index >= 15 is 0 Å². The summed E-state index contributed by atoms with van der Waals surface area (Å²) in [4.78, 5) is 3.09. The molecular weight excluding hydrogens is 375 g/mol. The van der Waals surface area contributed by atoms with Crippen molar-refractivity contribution >= 4 is 69.2 Å². The van der Waals surface area contributed by atoms with E-state index in [0.29, 0.717) is 3.26 Å². The zero-order valence-corrected chi connectivity index (χ0v) is 13.7. The molecule has 5 heteroatoms. The van der Waals surface area contributed by atoms with Gasteiger partial charge in [-0.25, -0.2) is 0 Å². The van der Waals surface area contributed by atoms with Gasteiger partial charge in [-0.3, -0.25) is 0 Å². The minimum atomic E-state index is 0.659. The van der Waals surface area contributed by atoms with Gasteiger partial charge in [-0.2, -0.15) is 23.5 Å². The van der Waals surface area contributed by atoms with Gasteiger partial charge in [0.2, 0.25) is 0 Å². The first kappa shape index (κ1) is 12.9. The van der Waals surface area contributed by atoms with E-state index in [2.05, 4.69) is 70.0 Å². The number of hydrogen-bond acceptors (Lipinski definition) is 4. The SMILES string of the molecule is IC1SCCSCCSCc2ccc1s2. The van der Waals surface area contributed by atoms with Crippen LogP contribution < -0.4 is 0 Å². The van der Waals surface area contributed by atoms with Gasteiger partial charge < -0.3 is 0 Å². The predicted molar refractivity (Wildman–Crippen MR) is 87.0 cm³/mol. The van der Waals surface area contributed by atoms with Gasteiger partial charge in [0.1, 0.15) is 0 Å². The van der Waals surface area contributed by atoms with E-state index in [4.69, 9.17) is 0 Å². The molecule has 1 aromatic rings. The first-order chi connectivity index (χ1) is 7.36. The number of hydrogen-bond donors (Lipinski definition) is 0. The zero-order valence-electron chi connectivity index (χ0n) is 8.28. The largest absolute Gasteiger partial charge is 0.160 e. The predicted octanol–water partition coefficient (Wildman–Crippen LogP) is 4.89. The van der Waals surface area contributed by atoms with Gasteiger partial charge in [-0.1, -0.05) is 22.6 Å². The monoisotopic (exact) mass is 388 g/mol. The highest BCUT2D eigenvalue weighted by Crippen LogP contribution is 2.40. The number of fused-ring (bicyclic) bond motifs is 2. The van der Waals surface area contributed by atoms with Crippen LogP contribution in [0.2, 0.25) is 0 Å². The smallest absolute Gasteiger partial charge is 0.0905 e. The molecule has 0 fully saturated rings. The molecule has 1 atom stereocenters. The van der Waals surface area contributed by atoms with E-state index < -0.39 is 0 Å². The topological polar surface area (TPSA) is 0 Å². The zero-order chi connectivity index (χ0) is 10.5. The summed E-state index contributed by atoms with van der Waals surface area (Å²) in [5.74, 6) is 6.42. The molecule has 0 spiro atoms. The quantitative estimate of drug-likeness (QED) is 0.459. The molecule has 1 aliphatic rings. The average Bonchev–Trinajstić information content (AvgIpc) is 2.69. The first-order valence-corrected chi connectivity index (χ1v) is 10.3. The summed E-state index contributed by atoms with van der Waals surface area (Å²) in [5, 5.41) is 0. The molecule has 0 N–H and O–H groups in total. The van der Waals surface area contributed by atoms with Gasteiger partial charge in [0.25, 0.3) is 0 Å². The van der Waals surface area contributed by atoms with Crippen molar-refractivity contribution in [2.45, 2.75) is 9.01 Å². The lowest BCUT2D eigenvalue weighted by molar-refractivity contribution is 1.45. The van der Waals surface area contributed by atoms with Crippen LogP contribution in [0.1, 0.15) is 13.0 Å². The van der Waals surface area contributed by atoms with Crippen molar-refractivity contribution in [1.29, 1.82) is 0 Å². The average molecular weight is 388 g/mol. The Balaban J connectivity index is 2.02. The number of halogens is 1. The number of rotatable bonds is 0. The van der Waals surface area contributed by atoms with Crippen LogP contribution in [0.5, 0.6) is 0 Å². The van der Waals surface area contributed by atoms with Crippen LogP contribution in [-0.4, -0.2) is 23.0 Å². The van der Waals surface area contributed by atoms with E-state index in [1.807, 2.05) is 11.3 Å². The molecule has 1 unspecified atom stereocenters. The Morgan fingerprint density at radius 2 is 1.87 bits per heavy atom. The third-order valence-corrected chi connectivity index (χ3v) is 9.17. The van der Waals surface area contributed by atoms with Crippen LogP contribution in [0, 0.1) is 0 Å². The second kappa shape index (κ2) is 7.03. The van der Waals surface area contributed by atoms with Crippen LogP contribution in [0.3, 0.4) is 0 Å². The minimum Gasteiger partial charge on any atom is -0.160 e. The third kappa shape index (κ3) is 4.33. The van der Waals surface area contributed by atoms with Crippen molar-refractivity contribution in [3.8, 4) is 0 Å². The van der Waals surface area contributed by atoms with Crippen molar-refractivity contribution in [3.63, 3.8) is 0 Å². The van der Waals surface area contributed by atoms with Gasteiger partial charge in [-0.05, 0) is 12.1 Å². The lowest BCUT2D eigenvalue weighted by Gasteiger charge is -2.08. The fourth-order valence-corrected chi connectivity index (χ4v) is 7.03. The second-order valence-corrected chi connectivity index (χ2v) is 9.99.